The van der Waals surface area contributed by atoms with Crippen LogP contribution in [0, 0.1) is 6.92 Å². The quantitative estimate of drug-likeness (QED) is 0.698. The third kappa shape index (κ3) is 6.32. The molecule has 8 heteroatoms. The van der Waals surface area contributed by atoms with Gasteiger partial charge in [-0.1, -0.05) is 36.4 Å². The molecule has 0 atom stereocenters. The van der Waals surface area contributed by atoms with Crippen LogP contribution in [0.15, 0.2) is 53.4 Å². The van der Waals surface area contributed by atoms with Crippen molar-refractivity contribution in [1.82, 2.24) is 4.31 Å². The Hall–Kier alpha value is -1.93. The number of amides is 1. The molecule has 0 aliphatic carbocycles. The molecule has 0 saturated carbocycles. The summed E-state index contributed by atoms with van der Waals surface area (Å²) >= 11 is 0. The first-order valence-corrected chi connectivity index (χ1v) is 9.91. The van der Waals surface area contributed by atoms with Crippen LogP contribution in [0.5, 0.6) is 0 Å². The largest absolute Gasteiger partial charge is 0.329 e. The van der Waals surface area contributed by atoms with E-state index in [0.29, 0.717) is 18.7 Å². The number of benzene rings is 2. The molecule has 0 saturated heterocycles. The van der Waals surface area contributed by atoms with Crippen molar-refractivity contribution in [1.29, 1.82) is 0 Å². The van der Waals surface area contributed by atoms with Crippen LogP contribution in [0.3, 0.4) is 0 Å². The number of rotatable bonds is 8. The van der Waals surface area contributed by atoms with Crippen molar-refractivity contribution >= 4 is 34.0 Å². The average molecular weight is 412 g/mol. The highest BCUT2D eigenvalue weighted by Gasteiger charge is 2.24. The molecule has 0 bridgehead atoms. The zero-order chi connectivity index (χ0) is 19.2. The summed E-state index contributed by atoms with van der Waals surface area (Å²) in [6.07, 6.45) is 0.602. The number of halogens is 1. The molecule has 3 N–H and O–H groups in total. The van der Waals surface area contributed by atoms with Crippen LogP contribution in [0.4, 0.5) is 5.69 Å². The van der Waals surface area contributed by atoms with E-state index in [2.05, 4.69) is 5.32 Å². The average Bonchev–Trinajstić information content (AvgIpc) is 2.60. The minimum atomic E-state index is -3.71. The fourth-order valence-electron chi connectivity index (χ4n) is 2.63. The van der Waals surface area contributed by atoms with Gasteiger partial charge in [0.15, 0.2) is 0 Å². The third-order valence-electron chi connectivity index (χ3n) is 4.03. The Bertz CT molecular complexity index is 858. The Morgan fingerprint density at radius 1 is 1.11 bits per heavy atom. The number of aryl methyl sites for hydroxylation is 1. The molecule has 6 nitrogen and oxygen atoms in total. The lowest BCUT2D eigenvalue weighted by Gasteiger charge is -2.22. The molecule has 0 aliphatic rings. The van der Waals surface area contributed by atoms with Crippen LogP contribution in [0.2, 0.25) is 0 Å². The summed E-state index contributed by atoms with van der Waals surface area (Å²) in [6.45, 7) is 4.01. The van der Waals surface area contributed by atoms with Crippen molar-refractivity contribution in [2.75, 3.05) is 25.0 Å². The number of carbonyl (C=O) groups excluding carboxylic acids is 1. The van der Waals surface area contributed by atoms with E-state index < -0.39 is 10.0 Å². The van der Waals surface area contributed by atoms with Crippen molar-refractivity contribution in [3.63, 3.8) is 0 Å². The number of nitrogens with one attached hydrogen (secondary N) is 1. The molecular formula is C19H26ClN3O3S. The van der Waals surface area contributed by atoms with Crippen LogP contribution in [-0.4, -0.2) is 38.3 Å². The van der Waals surface area contributed by atoms with Crippen molar-refractivity contribution in [2.24, 2.45) is 5.73 Å². The molecule has 0 aromatic heterocycles. The van der Waals surface area contributed by atoms with Gasteiger partial charge in [0.2, 0.25) is 15.9 Å². The summed E-state index contributed by atoms with van der Waals surface area (Å²) in [6, 6.07) is 14.5. The molecule has 148 valence electrons. The number of nitrogens with zero attached hydrogens (tertiary/aromatic N) is 1. The monoisotopic (exact) mass is 411 g/mol. The molecule has 0 spiro atoms. The van der Waals surface area contributed by atoms with Crippen molar-refractivity contribution < 1.29 is 13.2 Å². The first-order chi connectivity index (χ1) is 12.3. The standard InChI is InChI=1S/C19H25N3O3S.ClH/c1-15-8-9-18(14-19(15)21-16(2)23)26(24,25)22(13-11-20)12-10-17-6-4-3-5-7-17;/h3-9,14H,10-13,20H2,1-2H3,(H,21,23);1H. The smallest absolute Gasteiger partial charge is 0.243 e. The van der Waals surface area contributed by atoms with Gasteiger partial charge in [-0.25, -0.2) is 8.42 Å². The summed E-state index contributed by atoms with van der Waals surface area (Å²) in [5.74, 6) is -0.245. The van der Waals surface area contributed by atoms with E-state index in [1.165, 1.54) is 17.3 Å². The van der Waals surface area contributed by atoms with E-state index in [0.717, 1.165) is 11.1 Å². The van der Waals surface area contributed by atoms with E-state index >= 15 is 0 Å². The van der Waals surface area contributed by atoms with Gasteiger partial charge >= 0.3 is 0 Å². The lowest BCUT2D eigenvalue weighted by atomic mass is 10.1. The maximum Gasteiger partial charge on any atom is 0.243 e. The van der Waals surface area contributed by atoms with Gasteiger partial charge < -0.3 is 11.1 Å². The minimum Gasteiger partial charge on any atom is -0.329 e. The molecule has 0 fully saturated rings. The van der Waals surface area contributed by atoms with Gasteiger partial charge in [0, 0.05) is 32.2 Å². The molecule has 0 unspecified atom stereocenters. The van der Waals surface area contributed by atoms with Crippen molar-refractivity contribution in [3.8, 4) is 0 Å². The SMILES string of the molecule is CC(=O)Nc1cc(S(=O)(=O)N(CCN)CCc2ccccc2)ccc1C.Cl. The molecule has 0 heterocycles. The molecule has 2 rings (SSSR count). The second-order valence-electron chi connectivity index (χ2n) is 6.09. The highest BCUT2D eigenvalue weighted by Crippen LogP contribution is 2.23. The lowest BCUT2D eigenvalue weighted by Crippen LogP contribution is -2.37. The predicted octanol–water partition coefficient (Wildman–Crippen LogP) is 2.57. The van der Waals surface area contributed by atoms with Gasteiger partial charge in [0.1, 0.15) is 0 Å². The Balaban J connectivity index is 0.00000364. The number of hydrogen-bond acceptors (Lipinski definition) is 4. The van der Waals surface area contributed by atoms with Crippen LogP contribution in [0.25, 0.3) is 0 Å². The fraction of sp³-hybridized carbons (Fsp3) is 0.316. The highest BCUT2D eigenvalue weighted by molar-refractivity contribution is 7.89. The van der Waals surface area contributed by atoms with E-state index in [-0.39, 0.29) is 36.3 Å². The summed E-state index contributed by atoms with van der Waals surface area (Å²) in [5.41, 5.74) is 7.99. The molecule has 1 amide bonds. The molecule has 2 aromatic carbocycles. The summed E-state index contributed by atoms with van der Waals surface area (Å²) in [5, 5.41) is 2.67. The number of anilines is 1. The normalized spacial score (nSPS) is 11.1. The Morgan fingerprint density at radius 3 is 2.37 bits per heavy atom. The Kier molecular flexibility index (Phi) is 8.92. The summed E-state index contributed by atoms with van der Waals surface area (Å²) in [4.78, 5) is 11.5. The number of carbonyl (C=O) groups is 1. The van der Waals surface area contributed by atoms with E-state index in [4.69, 9.17) is 5.73 Å². The van der Waals surface area contributed by atoms with Crippen LogP contribution in [0.1, 0.15) is 18.1 Å². The maximum atomic E-state index is 13.1. The Morgan fingerprint density at radius 2 is 1.78 bits per heavy atom. The van der Waals surface area contributed by atoms with Crippen LogP contribution >= 0.6 is 12.4 Å². The molecule has 27 heavy (non-hydrogen) atoms. The van der Waals surface area contributed by atoms with E-state index in [1.54, 1.807) is 12.1 Å². The van der Waals surface area contributed by atoms with E-state index in [9.17, 15) is 13.2 Å². The van der Waals surface area contributed by atoms with Crippen molar-refractivity contribution in [2.45, 2.75) is 25.2 Å². The first-order valence-electron chi connectivity index (χ1n) is 8.47. The lowest BCUT2D eigenvalue weighted by molar-refractivity contribution is -0.114. The van der Waals surface area contributed by atoms with Gasteiger partial charge in [-0.2, -0.15) is 4.31 Å². The van der Waals surface area contributed by atoms with Gasteiger partial charge in [-0.15, -0.1) is 12.4 Å². The molecule has 0 aliphatic heterocycles. The maximum absolute atomic E-state index is 13.1. The predicted molar refractivity (Wildman–Crippen MR) is 111 cm³/mol. The van der Waals surface area contributed by atoms with Gasteiger partial charge in [0.05, 0.1) is 4.90 Å². The van der Waals surface area contributed by atoms with Crippen LogP contribution < -0.4 is 11.1 Å². The van der Waals surface area contributed by atoms with E-state index in [1.807, 2.05) is 37.3 Å². The van der Waals surface area contributed by atoms with Gasteiger partial charge in [-0.05, 0) is 36.6 Å². The molecular weight excluding hydrogens is 386 g/mol. The zero-order valence-electron chi connectivity index (χ0n) is 15.5. The molecule has 0 radical (unpaired) electrons. The Labute approximate surface area is 167 Å². The van der Waals surface area contributed by atoms with Crippen molar-refractivity contribution in [3.05, 3.63) is 59.7 Å². The number of sulfonamides is 1. The topological polar surface area (TPSA) is 92.5 Å². The minimum absolute atomic E-state index is 0. The van der Waals surface area contributed by atoms with Gasteiger partial charge in [0.25, 0.3) is 0 Å². The number of hydrogen-bond donors (Lipinski definition) is 2. The zero-order valence-corrected chi connectivity index (χ0v) is 17.1. The summed E-state index contributed by atoms with van der Waals surface area (Å²) in [7, 11) is -3.71. The third-order valence-corrected chi connectivity index (χ3v) is 5.92. The second-order valence-corrected chi connectivity index (χ2v) is 8.02. The molecule has 2 aromatic rings. The van der Waals surface area contributed by atoms with Gasteiger partial charge in [-0.3, -0.25) is 4.79 Å². The highest BCUT2D eigenvalue weighted by atomic mass is 35.5. The number of nitrogens with two attached hydrogens (primary N) is 1. The second kappa shape index (κ2) is 10.4. The van der Waals surface area contributed by atoms with Crippen LogP contribution in [-0.2, 0) is 21.2 Å². The fourth-order valence-corrected chi connectivity index (χ4v) is 4.11. The summed E-state index contributed by atoms with van der Waals surface area (Å²) < 4.78 is 27.5. The first kappa shape index (κ1) is 23.1.